The van der Waals surface area contributed by atoms with E-state index >= 15 is 0 Å². The van der Waals surface area contributed by atoms with E-state index in [1.54, 1.807) is 34.7 Å². The zero-order valence-corrected chi connectivity index (χ0v) is 21.7. The molecule has 11 heteroatoms. The van der Waals surface area contributed by atoms with Crippen LogP contribution in [0.1, 0.15) is 32.6 Å². The quantitative estimate of drug-likeness (QED) is 0.288. The highest BCUT2D eigenvalue weighted by Gasteiger charge is 2.18. The summed E-state index contributed by atoms with van der Waals surface area (Å²) in [5, 5.41) is 11.0. The van der Waals surface area contributed by atoms with Crippen molar-refractivity contribution in [3.63, 3.8) is 0 Å². The van der Waals surface area contributed by atoms with Gasteiger partial charge in [0.2, 0.25) is 11.8 Å². The molecule has 1 unspecified atom stereocenters. The van der Waals surface area contributed by atoms with Gasteiger partial charge in [-0.05, 0) is 26.0 Å². The van der Waals surface area contributed by atoms with E-state index in [1.165, 1.54) is 0 Å². The second-order valence-electron chi connectivity index (χ2n) is 7.58. The lowest BCUT2D eigenvalue weighted by Crippen LogP contribution is -2.47. The lowest BCUT2D eigenvalue weighted by atomic mass is 10.1. The van der Waals surface area contributed by atoms with Crippen LogP contribution in [0, 0.1) is 0 Å². The fourth-order valence-corrected chi connectivity index (χ4v) is 5.03. The van der Waals surface area contributed by atoms with Crippen molar-refractivity contribution in [1.82, 2.24) is 21.3 Å². The third-order valence-electron chi connectivity index (χ3n) is 4.76. The Kier molecular flexibility index (Phi) is 16.1. The minimum atomic E-state index is -0.547. The first-order chi connectivity index (χ1) is 16.4. The maximum Gasteiger partial charge on any atom is 0.407 e. The summed E-state index contributed by atoms with van der Waals surface area (Å²) in [7, 11) is 4.96. The number of ether oxygens (including phenoxy) is 2. The van der Waals surface area contributed by atoms with Gasteiger partial charge in [0.15, 0.2) is 6.10 Å². The number of carbonyl (C=O) groups excluding carboxylic acids is 3. The first-order valence-electron chi connectivity index (χ1n) is 11.4. The third-order valence-corrected chi connectivity index (χ3v) is 7.21. The average molecular weight is 515 g/mol. The van der Waals surface area contributed by atoms with Gasteiger partial charge in [-0.15, -0.1) is 6.58 Å². The predicted octanol–water partition coefficient (Wildman–Crippen LogP) is 2.52. The summed E-state index contributed by atoms with van der Waals surface area (Å²) >= 11 is 0. The van der Waals surface area contributed by atoms with Crippen molar-refractivity contribution in [2.45, 2.75) is 50.8 Å². The van der Waals surface area contributed by atoms with Gasteiger partial charge in [-0.25, -0.2) is 4.79 Å². The molecule has 0 bridgehead atoms. The number of amides is 3. The van der Waals surface area contributed by atoms with Crippen LogP contribution in [0.25, 0.3) is 0 Å². The Bertz CT molecular complexity index is 705. The van der Waals surface area contributed by atoms with Crippen molar-refractivity contribution >= 4 is 39.5 Å². The van der Waals surface area contributed by atoms with E-state index in [-0.39, 0.29) is 43.6 Å². The molecule has 3 amide bonds. The summed E-state index contributed by atoms with van der Waals surface area (Å²) in [6.07, 6.45) is 7.98. The van der Waals surface area contributed by atoms with Gasteiger partial charge < -0.3 is 30.7 Å². The zero-order chi connectivity index (χ0) is 25.2. The van der Waals surface area contributed by atoms with E-state index in [1.807, 2.05) is 12.2 Å². The highest BCUT2D eigenvalue weighted by atomic mass is 33.1. The van der Waals surface area contributed by atoms with E-state index in [0.29, 0.717) is 11.5 Å². The Hall–Kier alpha value is -2.11. The maximum absolute atomic E-state index is 12.2. The molecule has 1 aliphatic rings. The number of unbranched alkanes of at least 4 members (excludes halogenated alkanes) is 1. The molecule has 0 saturated heterocycles. The summed E-state index contributed by atoms with van der Waals surface area (Å²) in [5.74, 6) is 1.15. The molecule has 0 aromatic rings. The summed E-state index contributed by atoms with van der Waals surface area (Å²) in [5.41, 5.74) is 0. The molecule has 1 heterocycles. The first kappa shape index (κ1) is 29.9. The van der Waals surface area contributed by atoms with Crippen molar-refractivity contribution in [3.8, 4) is 0 Å². The highest BCUT2D eigenvalue weighted by Crippen LogP contribution is 2.23. The molecule has 34 heavy (non-hydrogen) atoms. The largest absolute Gasteiger partial charge is 0.486 e. The normalized spacial score (nSPS) is 22.8. The van der Waals surface area contributed by atoms with Crippen LogP contribution in [0.3, 0.4) is 0 Å². The summed E-state index contributed by atoms with van der Waals surface area (Å²) in [6, 6.07) is -0.530. The van der Waals surface area contributed by atoms with Crippen LogP contribution in [-0.4, -0.2) is 74.3 Å². The zero-order valence-electron chi connectivity index (χ0n) is 20.1. The summed E-state index contributed by atoms with van der Waals surface area (Å²) in [4.78, 5) is 36.5. The van der Waals surface area contributed by atoms with Crippen LogP contribution < -0.4 is 21.3 Å². The van der Waals surface area contributed by atoms with Gasteiger partial charge in [0.1, 0.15) is 12.4 Å². The van der Waals surface area contributed by atoms with Gasteiger partial charge in [0, 0.05) is 11.5 Å². The van der Waals surface area contributed by atoms with E-state index in [4.69, 9.17) is 9.47 Å². The average Bonchev–Trinajstić information content (AvgIpc) is 2.83. The molecular weight excluding hydrogens is 476 g/mol. The Morgan fingerprint density at radius 3 is 2.85 bits per heavy atom. The predicted molar refractivity (Wildman–Crippen MR) is 140 cm³/mol. The van der Waals surface area contributed by atoms with E-state index < -0.39 is 12.2 Å². The summed E-state index contributed by atoms with van der Waals surface area (Å²) < 4.78 is 11.2. The molecule has 0 saturated carbocycles. The molecule has 0 fully saturated rings. The Labute approximate surface area is 210 Å². The minimum absolute atomic E-state index is 0.00522. The topological polar surface area (TPSA) is 118 Å². The summed E-state index contributed by atoms with van der Waals surface area (Å²) in [6.45, 7) is 9.60. The molecule has 4 N–H and O–H groups in total. The van der Waals surface area contributed by atoms with Gasteiger partial charge in [-0.3, -0.25) is 9.59 Å². The fraction of sp³-hybridized carbons (Fsp3) is 0.609. The van der Waals surface area contributed by atoms with E-state index in [0.717, 1.165) is 31.4 Å². The standard InChI is InChI=1S/C23H38N4O5S2/c1-5-7-10-18(6-2)27-23(30)31-15-19-11-8-9-12-33-34-16-20(24-4)22(29)26-14-21(28)25-13-17(3)32-19/h6,8,11,18-20,24H,2-3,5,7,9-10,12-16H2,1,4H3,(H,25,28)(H,26,29)(H,27,30)/b11-8+/t18-,19?,20+/m0/s1. The molecule has 1 aliphatic heterocycles. The molecule has 0 aromatic carbocycles. The maximum atomic E-state index is 12.2. The number of carbonyl (C=O) groups is 3. The Morgan fingerprint density at radius 2 is 2.15 bits per heavy atom. The molecular formula is C23H38N4O5S2. The second kappa shape index (κ2) is 18.2. The molecule has 3 atom stereocenters. The smallest absolute Gasteiger partial charge is 0.407 e. The second-order valence-corrected chi connectivity index (χ2v) is 10.2. The van der Waals surface area contributed by atoms with Gasteiger partial charge in [0.05, 0.1) is 25.2 Å². The lowest BCUT2D eigenvalue weighted by Gasteiger charge is -2.20. The van der Waals surface area contributed by atoms with Crippen molar-refractivity contribution < 1.29 is 23.9 Å². The van der Waals surface area contributed by atoms with Gasteiger partial charge >= 0.3 is 6.09 Å². The molecule has 192 valence electrons. The van der Waals surface area contributed by atoms with Crippen LogP contribution in [0.5, 0.6) is 0 Å². The number of allylic oxidation sites excluding steroid dienone is 1. The fourth-order valence-electron chi connectivity index (χ4n) is 2.79. The van der Waals surface area contributed by atoms with Crippen molar-refractivity contribution in [2.24, 2.45) is 0 Å². The minimum Gasteiger partial charge on any atom is -0.486 e. The van der Waals surface area contributed by atoms with Crippen LogP contribution in [0.2, 0.25) is 0 Å². The molecule has 1 rings (SSSR count). The first-order valence-corrected chi connectivity index (χ1v) is 13.9. The monoisotopic (exact) mass is 514 g/mol. The van der Waals surface area contributed by atoms with E-state index in [9.17, 15) is 14.4 Å². The SMILES string of the molecule is C=C[C@@H](CCCC)NC(=O)OCC1/C=C/CCSSC[C@@H](NC)C(=O)NCC(=O)NCC(=C)O1. The number of rotatable bonds is 8. The van der Waals surface area contributed by atoms with Crippen LogP contribution >= 0.6 is 21.6 Å². The Balaban J connectivity index is 2.68. The number of hydrogen-bond donors (Lipinski definition) is 4. The van der Waals surface area contributed by atoms with Crippen LogP contribution in [-0.2, 0) is 19.1 Å². The van der Waals surface area contributed by atoms with Crippen LogP contribution in [0.15, 0.2) is 37.1 Å². The van der Waals surface area contributed by atoms with Crippen molar-refractivity contribution in [3.05, 3.63) is 37.1 Å². The Morgan fingerprint density at radius 1 is 1.35 bits per heavy atom. The van der Waals surface area contributed by atoms with Crippen LogP contribution in [0.4, 0.5) is 4.79 Å². The molecule has 0 aromatic heterocycles. The molecule has 0 radical (unpaired) electrons. The number of nitrogens with one attached hydrogen (secondary N) is 4. The van der Waals surface area contributed by atoms with Gasteiger partial charge in [0.25, 0.3) is 0 Å². The van der Waals surface area contributed by atoms with Gasteiger partial charge in [-0.1, -0.05) is 60.1 Å². The molecule has 0 aliphatic carbocycles. The van der Waals surface area contributed by atoms with Crippen molar-refractivity contribution in [2.75, 3.05) is 38.2 Å². The number of likely N-dealkylation sites (N-methyl/N-ethyl adjacent to an activating group) is 1. The third kappa shape index (κ3) is 13.6. The lowest BCUT2D eigenvalue weighted by molar-refractivity contribution is -0.126. The highest BCUT2D eigenvalue weighted by molar-refractivity contribution is 8.76. The molecule has 9 nitrogen and oxygen atoms in total. The number of hydrogen-bond acceptors (Lipinski definition) is 8. The number of alkyl carbamates (subject to hydrolysis) is 1. The van der Waals surface area contributed by atoms with E-state index in [2.05, 4.69) is 41.3 Å². The molecule has 0 spiro atoms. The van der Waals surface area contributed by atoms with Gasteiger partial charge in [-0.2, -0.15) is 0 Å². The van der Waals surface area contributed by atoms with Crippen molar-refractivity contribution in [1.29, 1.82) is 0 Å².